The number of nitrogens with zero attached hydrogens (tertiary/aromatic N) is 1. The molecule has 1 aliphatic carbocycles. The minimum atomic E-state index is 1.09. The molecule has 0 saturated heterocycles. The Morgan fingerprint density at radius 3 is 2.75 bits per heavy atom. The number of hydrogen-bond donors (Lipinski definition) is 0. The van der Waals surface area contributed by atoms with Crippen molar-refractivity contribution in [1.82, 2.24) is 4.98 Å². The molecule has 0 spiro atoms. The van der Waals surface area contributed by atoms with E-state index in [9.17, 15) is 0 Å². The molecule has 0 aliphatic heterocycles. The summed E-state index contributed by atoms with van der Waals surface area (Å²) in [6.07, 6.45) is 7.12. The van der Waals surface area contributed by atoms with Gasteiger partial charge in [0.2, 0.25) is 0 Å². The molecule has 1 aromatic heterocycles. The van der Waals surface area contributed by atoms with Crippen molar-refractivity contribution in [3.63, 3.8) is 0 Å². The Kier molecular flexibility index (Phi) is 3.03. The predicted molar refractivity (Wildman–Crippen MR) is 52.9 cm³/mol. The molecule has 1 heteroatoms. The Morgan fingerprint density at radius 1 is 1.33 bits per heavy atom. The van der Waals surface area contributed by atoms with Crippen molar-refractivity contribution in [1.29, 1.82) is 0 Å². The monoisotopic (exact) mass is 161 g/mol. The molecule has 1 heterocycles. The van der Waals surface area contributed by atoms with Crippen molar-refractivity contribution in [2.24, 2.45) is 0 Å². The highest BCUT2D eigenvalue weighted by atomic mass is 14.6. The second kappa shape index (κ2) is 4.05. The molecule has 64 valence electrons. The van der Waals surface area contributed by atoms with E-state index in [1.54, 1.807) is 0 Å². The van der Waals surface area contributed by atoms with Crippen LogP contribution < -0.4 is 0 Å². The maximum atomic E-state index is 4.07. The molecule has 1 aromatic rings. The van der Waals surface area contributed by atoms with E-state index in [0.717, 1.165) is 6.42 Å². The van der Waals surface area contributed by atoms with Crippen LogP contribution in [0.5, 0.6) is 0 Å². The lowest BCUT2D eigenvalue weighted by Crippen LogP contribution is -1.82. The zero-order chi connectivity index (χ0) is 8.97. The van der Waals surface area contributed by atoms with E-state index in [0.29, 0.717) is 0 Å². The number of fused-ring (bicyclic) bond motifs is 1. The third kappa shape index (κ3) is 1.55. The molecule has 0 N–H and O–H groups in total. The van der Waals surface area contributed by atoms with E-state index in [1.165, 1.54) is 16.7 Å². The zero-order valence-corrected chi connectivity index (χ0v) is 7.96. The lowest BCUT2D eigenvalue weighted by atomic mass is 10.1. The summed E-state index contributed by atoms with van der Waals surface area (Å²) in [6, 6.07) is 2.09. The van der Waals surface area contributed by atoms with Crippen molar-refractivity contribution < 1.29 is 0 Å². The third-order valence-corrected chi connectivity index (χ3v) is 1.96. The third-order valence-electron chi connectivity index (χ3n) is 1.96. The fraction of sp³-hybridized carbons (Fsp3) is 0.364. The Balaban J connectivity index is 0.000000336. The van der Waals surface area contributed by atoms with Crippen molar-refractivity contribution in [3.8, 4) is 0 Å². The van der Waals surface area contributed by atoms with Gasteiger partial charge in [-0.2, -0.15) is 0 Å². The summed E-state index contributed by atoms with van der Waals surface area (Å²) in [5.41, 5.74) is 4.10. The molecular weight excluding hydrogens is 146 g/mol. The van der Waals surface area contributed by atoms with Gasteiger partial charge in [0.05, 0.1) is 0 Å². The van der Waals surface area contributed by atoms with Crippen LogP contribution in [0.25, 0.3) is 5.57 Å². The minimum Gasteiger partial charge on any atom is -0.264 e. The molecule has 0 unspecified atom stereocenters. The largest absolute Gasteiger partial charge is 0.264 e. The summed E-state index contributed by atoms with van der Waals surface area (Å²) < 4.78 is 0. The molecular formula is C11H15N. The van der Waals surface area contributed by atoms with Gasteiger partial charge in [0.15, 0.2) is 0 Å². The molecule has 0 aromatic carbocycles. The van der Waals surface area contributed by atoms with Gasteiger partial charge >= 0.3 is 0 Å². The maximum Gasteiger partial charge on any atom is 0.0345 e. The van der Waals surface area contributed by atoms with Crippen LogP contribution >= 0.6 is 0 Å². The molecule has 0 saturated carbocycles. The highest BCUT2D eigenvalue weighted by Crippen LogP contribution is 2.24. The summed E-state index contributed by atoms with van der Waals surface area (Å²) >= 11 is 0. The number of rotatable bonds is 0. The molecule has 1 aliphatic rings. The summed E-state index contributed by atoms with van der Waals surface area (Å²) in [6.45, 7) is 6.13. The Hall–Kier alpha value is -1.11. The van der Waals surface area contributed by atoms with Gasteiger partial charge in [-0.25, -0.2) is 0 Å². The maximum absolute atomic E-state index is 4.07. The Bertz CT molecular complexity index is 287. The highest BCUT2D eigenvalue weighted by molar-refractivity contribution is 5.70. The number of pyridine rings is 1. The summed E-state index contributed by atoms with van der Waals surface area (Å²) in [5.74, 6) is 0. The molecule has 12 heavy (non-hydrogen) atoms. The van der Waals surface area contributed by atoms with Crippen LogP contribution in [0.2, 0.25) is 0 Å². The van der Waals surface area contributed by atoms with Crippen LogP contribution in [0, 0.1) is 0 Å². The average Bonchev–Trinajstić information content (AvgIpc) is 2.53. The summed E-state index contributed by atoms with van der Waals surface area (Å²) in [7, 11) is 0. The second-order valence-electron chi connectivity index (χ2n) is 2.62. The van der Waals surface area contributed by atoms with Gasteiger partial charge in [0.25, 0.3) is 0 Å². The summed E-state index contributed by atoms with van der Waals surface area (Å²) in [4.78, 5) is 4.07. The van der Waals surface area contributed by atoms with Crippen molar-refractivity contribution in [3.05, 3.63) is 35.7 Å². The first-order valence-corrected chi connectivity index (χ1v) is 4.48. The zero-order valence-electron chi connectivity index (χ0n) is 7.96. The summed E-state index contributed by atoms with van der Waals surface area (Å²) in [5, 5.41) is 0. The van der Waals surface area contributed by atoms with Crippen molar-refractivity contribution in [2.75, 3.05) is 0 Å². The first-order chi connectivity index (χ1) is 5.88. The van der Waals surface area contributed by atoms with Crippen molar-refractivity contribution >= 4 is 5.57 Å². The van der Waals surface area contributed by atoms with E-state index < -0.39 is 0 Å². The van der Waals surface area contributed by atoms with E-state index in [2.05, 4.69) is 24.1 Å². The minimum absolute atomic E-state index is 1.09. The van der Waals surface area contributed by atoms with Crippen molar-refractivity contribution in [2.45, 2.75) is 27.2 Å². The highest BCUT2D eigenvalue weighted by Gasteiger charge is 2.08. The number of aromatic nitrogens is 1. The predicted octanol–water partition coefficient (Wildman–Crippen LogP) is 3.07. The first kappa shape index (κ1) is 8.98. The number of allylic oxidation sites excluding steroid dienone is 2. The van der Waals surface area contributed by atoms with Crippen LogP contribution in [0.3, 0.4) is 0 Å². The van der Waals surface area contributed by atoms with Gasteiger partial charge in [-0.1, -0.05) is 19.9 Å². The second-order valence-corrected chi connectivity index (χ2v) is 2.62. The molecule has 1 nitrogen and oxygen atoms in total. The lowest BCUT2D eigenvalue weighted by molar-refractivity contribution is 1.23. The molecule has 0 atom stereocenters. The van der Waals surface area contributed by atoms with Crippen LogP contribution in [-0.2, 0) is 6.42 Å². The molecule has 0 amide bonds. The van der Waals surface area contributed by atoms with Gasteiger partial charge < -0.3 is 0 Å². The lowest BCUT2D eigenvalue weighted by Gasteiger charge is -1.96. The average molecular weight is 161 g/mol. The molecule has 0 radical (unpaired) electrons. The van der Waals surface area contributed by atoms with Gasteiger partial charge in [-0.15, -0.1) is 0 Å². The van der Waals surface area contributed by atoms with Crippen LogP contribution in [0.15, 0.2) is 24.5 Å². The Morgan fingerprint density at radius 2 is 2.08 bits per heavy atom. The quantitative estimate of drug-likeness (QED) is 0.570. The van der Waals surface area contributed by atoms with Crippen LogP contribution in [0.4, 0.5) is 0 Å². The first-order valence-electron chi connectivity index (χ1n) is 4.48. The standard InChI is InChI=1S/C9H9N.C2H6/c1-7-2-3-8-4-5-10-6-9(7)8;1-2/h2,4-6H,3H2,1H3;1-2H3. The smallest absolute Gasteiger partial charge is 0.0345 e. The number of hydrogen-bond acceptors (Lipinski definition) is 1. The van der Waals surface area contributed by atoms with Gasteiger partial charge in [0.1, 0.15) is 0 Å². The van der Waals surface area contributed by atoms with Gasteiger partial charge in [-0.3, -0.25) is 4.98 Å². The molecule has 0 bridgehead atoms. The normalized spacial score (nSPS) is 12.8. The fourth-order valence-corrected chi connectivity index (χ4v) is 1.33. The fourth-order valence-electron chi connectivity index (χ4n) is 1.33. The molecule has 2 rings (SSSR count). The Labute approximate surface area is 74.2 Å². The SMILES string of the molecule is CC.CC1=CCc2ccncc21. The van der Waals surface area contributed by atoms with E-state index in [-0.39, 0.29) is 0 Å². The van der Waals surface area contributed by atoms with Gasteiger partial charge in [0, 0.05) is 12.4 Å². The van der Waals surface area contributed by atoms with E-state index in [1.807, 2.05) is 26.2 Å². The van der Waals surface area contributed by atoms with E-state index >= 15 is 0 Å². The van der Waals surface area contributed by atoms with Crippen LogP contribution in [-0.4, -0.2) is 4.98 Å². The van der Waals surface area contributed by atoms with Gasteiger partial charge in [-0.05, 0) is 36.1 Å². The van der Waals surface area contributed by atoms with E-state index in [4.69, 9.17) is 0 Å². The molecule has 0 fully saturated rings. The van der Waals surface area contributed by atoms with Crippen LogP contribution in [0.1, 0.15) is 31.9 Å². The topological polar surface area (TPSA) is 12.9 Å².